The van der Waals surface area contributed by atoms with Gasteiger partial charge in [-0.15, -0.1) is 0 Å². The molecular formula is C24H26FN3O2. The van der Waals surface area contributed by atoms with Gasteiger partial charge in [0.1, 0.15) is 11.5 Å². The average Bonchev–Trinajstić information content (AvgIpc) is 3.44. The van der Waals surface area contributed by atoms with Gasteiger partial charge in [-0.3, -0.25) is 4.79 Å². The zero-order chi connectivity index (χ0) is 21.6. The molecule has 1 amide bonds. The van der Waals surface area contributed by atoms with Crippen molar-refractivity contribution >= 4 is 23.0 Å². The van der Waals surface area contributed by atoms with Crippen LogP contribution >= 0.6 is 0 Å². The van der Waals surface area contributed by atoms with Gasteiger partial charge in [0.2, 0.25) is 0 Å². The van der Waals surface area contributed by atoms with Crippen LogP contribution in [0.4, 0.5) is 4.39 Å². The van der Waals surface area contributed by atoms with Gasteiger partial charge in [0.25, 0.3) is 5.91 Å². The fraction of sp³-hybridized carbons (Fsp3) is 0.333. The number of aromatic nitrogens is 2. The second-order valence-corrected chi connectivity index (χ2v) is 8.62. The molecule has 30 heavy (non-hydrogen) atoms. The molecule has 2 aromatic heterocycles. The van der Waals surface area contributed by atoms with Gasteiger partial charge in [-0.2, -0.15) is 0 Å². The molecule has 0 spiro atoms. The van der Waals surface area contributed by atoms with Crippen molar-refractivity contribution < 1.29 is 14.3 Å². The van der Waals surface area contributed by atoms with Crippen molar-refractivity contribution in [2.45, 2.75) is 45.2 Å². The molecule has 1 aromatic carbocycles. The van der Waals surface area contributed by atoms with Gasteiger partial charge in [-0.1, -0.05) is 12.7 Å². The second-order valence-electron chi connectivity index (χ2n) is 8.62. The fourth-order valence-electron chi connectivity index (χ4n) is 3.63. The van der Waals surface area contributed by atoms with Crippen LogP contribution in [0.25, 0.3) is 28.2 Å². The highest BCUT2D eigenvalue weighted by molar-refractivity contribution is 5.97. The van der Waals surface area contributed by atoms with Crippen LogP contribution < -0.4 is 5.32 Å². The van der Waals surface area contributed by atoms with Gasteiger partial charge in [0.05, 0.1) is 17.7 Å². The number of rotatable bonds is 6. The van der Waals surface area contributed by atoms with E-state index in [1.807, 2.05) is 37.6 Å². The Bertz CT molecular complexity index is 1160. The number of aliphatic hydroxyl groups excluding tert-OH is 1. The van der Waals surface area contributed by atoms with E-state index in [4.69, 9.17) is 0 Å². The molecule has 3 aromatic rings. The molecular weight excluding hydrogens is 381 g/mol. The Hall–Kier alpha value is -2.99. The first-order valence-corrected chi connectivity index (χ1v) is 10.1. The number of halogens is 1. The number of nitrogens with zero attached hydrogens (tertiary/aromatic N) is 2. The van der Waals surface area contributed by atoms with Crippen LogP contribution in [0.5, 0.6) is 0 Å². The Morgan fingerprint density at radius 1 is 1.40 bits per heavy atom. The summed E-state index contributed by atoms with van der Waals surface area (Å²) < 4.78 is 16.4. The molecule has 1 saturated carbocycles. The minimum atomic E-state index is -0.522. The van der Waals surface area contributed by atoms with E-state index in [0.717, 1.165) is 46.1 Å². The number of carbonyl (C=O) groups is 1. The van der Waals surface area contributed by atoms with E-state index in [9.17, 15) is 14.3 Å². The highest BCUT2D eigenvalue weighted by atomic mass is 19.1. The quantitative estimate of drug-likeness (QED) is 0.636. The lowest BCUT2D eigenvalue weighted by atomic mass is 9.97. The van der Waals surface area contributed by atoms with Crippen LogP contribution in [-0.2, 0) is 5.54 Å². The van der Waals surface area contributed by atoms with Crippen LogP contribution in [0.15, 0.2) is 37.2 Å². The molecule has 4 rings (SSSR count). The van der Waals surface area contributed by atoms with Crippen molar-refractivity contribution in [3.8, 4) is 11.1 Å². The number of aliphatic hydroxyl groups is 1. The molecule has 0 atom stereocenters. The highest BCUT2D eigenvalue weighted by Crippen LogP contribution is 2.33. The normalized spacial score (nSPS) is 14.2. The number of fused-ring (bicyclic) bond motifs is 1. The van der Waals surface area contributed by atoms with Crippen LogP contribution in [0, 0.1) is 12.7 Å². The second kappa shape index (κ2) is 7.36. The first kappa shape index (κ1) is 20.3. The molecule has 0 bridgehead atoms. The van der Waals surface area contributed by atoms with Gasteiger partial charge in [0.15, 0.2) is 0 Å². The lowest BCUT2D eigenvalue weighted by Gasteiger charge is -2.24. The molecule has 156 valence electrons. The van der Waals surface area contributed by atoms with E-state index >= 15 is 0 Å². The minimum absolute atomic E-state index is 0.0344. The minimum Gasteiger partial charge on any atom is -0.394 e. The summed E-state index contributed by atoms with van der Waals surface area (Å²) in [5, 5.41) is 13.5. The first-order valence-electron chi connectivity index (χ1n) is 10.1. The van der Waals surface area contributed by atoms with Gasteiger partial charge < -0.3 is 15.0 Å². The molecule has 0 radical (unpaired) electrons. The largest absolute Gasteiger partial charge is 0.394 e. The molecule has 6 heteroatoms. The zero-order valence-electron chi connectivity index (χ0n) is 17.5. The number of benzene rings is 1. The van der Waals surface area contributed by atoms with E-state index in [-0.39, 0.29) is 24.1 Å². The Morgan fingerprint density at radius 2 is 2.13 bits per heavy atom. The van der Waals surface area contributed by atoms with Crippen molar-refractivity contribution in [2.24, 2.45) is 0 Å². The Labute approximate surface area is 175 Å². The predicted molar refractivity (Wildman–Crippen MR) is 117 cm³/mol. The lowest BCUT2D eigenvalue weighted by molar-refractivity contribution is 0.0947. The maximum absolute atomic E-state index is 14.5. The summed E-state index contributed by atoms with van der Waals surface area (Å²) in [6.07, 6.45) is 7.29. The number of nitrogens with one attached hydrogen (secondary N) is 1. The van der Waals surface area contributed by atoms with E-state index in [1.54, 1.807) is 18.3 Å². The number of amides is 1. The maximum atomic E-state index is 14.5. The van der Waals surface area contributed by atoms with Crippen molar-refractivity contribution in [3.63, 3.8) is 0 Å². The molecule has 2 N–H and O–H groups in total. The molecule has 5 nitrogen and oxygen atoms in total. The first-order chi connectivity index (χ1) is 14.2. The molecule has 1 aliphatic rings. The van der Waals surface area contributed by atoms with Crippen molar-refractivity contribution in [3.05, 3.63) is 59.7 Å². The summed E-state index contributed by atoms with van der Waals surface area (Å²) in [6, 6.07) is 5.14. The SMILES string of the molecule is C=Cc1cn(C(C)(C)CO)c2ncc(-c3cc(C(=O)NC4CC4)c(F)cc3C)cc12. The van der Waals surface area contributed by atoms with E-state index in [1.165, 1.54) is 6.07 Å². The van der Waals surface area contributed by atoms with Gasteiger partial charge >= 0.3 is 0 Å². The third-order valence-electron chi connectivity index (χ3n) is 5.72. The van der Waals surface area contributed by atoms with Gasteiger partial charge in [0, 0.05) is 34.9 Å². The maximum Gasteiger partial charge on any atom is 0.254 e. The monoisotopic (exact) mass is 407 g/mol. The number of hydrogen-bond acceptors (Lipinski definition) is 3. The Kier molecular flexibility index (Phi) is 4.98. The van der Waals surface area contributed by atoms with Crippen molar-refractivity contribution in [1.29, 1.82) is 0 Å². The average molecular weight is 407 g/mol. The predicted octanol–water partition coefficient (Wildman–Crippen LogP) is 4.41. The van der Waals surface area contributed by atoms with Crippen LogP contribution in [0.3, 0.4) is 0 Å². The van der Waals surface area contributed by atoms with E-state index in [2.05, 4.69) is 16.9 Å². The van der Waals surface area contributed by atoms with Gasteiger partial charge in [-0.05, 0) is 62.9 Å². The highest BCUT2D eigenvalue weighted by Gasteiger charge is 2.26. The van der Waals surface area contributed by atoms with Crippen molar-refractivity contribution in [2.75, 3.05) is 6.61 Å². The smallest absolute Gasteiger partial charge is 0.254 e. The van der Waals surface area contributed by atoms with Crippen LogP contribution in [0.2, 0.25) is 0 Å². The topological polar surface area (TPSA) is 67.1 Å². The number of carbonyl (C=O) groups excluding carboxylic acids is 1. The third kappa shape index (κ3) is 3.52. The third-order valence-corrected chi connectivity index (χ3v) is 5.72. The summed E-state index contributed by atoms with van der Waals surface area (Å²) in [6.45, 7) is 9.55. The zero-order valence-corrected chi connectivity index (χ0v) is 17.5. The van der Waals surface area contributed by atoms with Crippen LogP contribution in [0.1, 0.15) is 48.2 Å². The van der Waals surface area contributed by atoms with Crippen LogP contribution in [-0.4, -0.2) is 33.2 Å². The molecule has 0 saturated heterocycles. The molecule has 0 unspecified atom stereocenters. The molecule has 1 aliphatic carbocycles. The number of aryl methyl sites for hydroxylation is 1. The summed E-state index contributed by atoms with van der Waals surface area (Å²) in [5.74, 6) is -0.904. The van der Waals surface area contributed by atoms with E-state index < -0.39 is 11.4 Å². The van der Waals surface area contributed by atoms with E-state index in [0.29, 0.717) is 0 Å². The number of hydrogen-bond donors (Lipinski definition) is 2. The summed E-state index contributed by atoms with van der Waals surface area (Å²) >= 11 is 0. The lowest BCUT2D eigenvalue weighted by Crippen LogP contribution is -2.29. The Balaban J connectivity index is 1.83. The number of pyridine rings is 1. The summed E-state index contributed by atoms with van der Waals surface area (Å²) in [4.78, 5) is 17.1. The standard InChI is InChI=1S/C24H26FN3O2/c1-5-15-12-28(24(3,4)13-29)22-19(15)9-16(11-26-22)18-10-20(21(25)8-14(18)2)23(30)27-17-6-7-17/h5,8-12,17,29H,1,6-7,13H2,2-4H3,(H,27,30). The Morgan fingerprint density at radius 3 is 2.77 bits per heavy atom. The molecule has 0 aliphatic heterocycles. The summed E-state index contributed by atoms with van der Waals surface area (Å²) in [7, 11) is 0. The van der Waals surface area contributed by atoms with Crippen molar-refractivity contribution in [1.82, 2.24) is 14.9 Å². The van der Waals surface area contributed by atoms with Gasteiger partial charge in [-0.25, -0.2) is 9.37 Å². The summed E-state index contributed by atoms with van der Waals surface area (Å²) in [5.41, 5.74) is 3.44. The fourth-order valence-corrected chi connectivity index (χ4v) is 3.63. The molecule has 1 fully saturated rings. The molecule has 2 heterocycles.